The van der Waals surface area contributed by atoms with E-state index in [2.05, 4.69) is 0 Å². The van der Waals surface area contributed by atoms with Crippen molar-refractivity contribution in [3.05, 3.63) is 11.5 Å². The molecule has 9 heteroatoms. The van der Waals surface area contributed by atoms with Gasteiger partial charge < -0.3 is 9.47 Å². The quantitative estimate of drug-likeness (QED) is 0.463. The molecule has 0 saturated carbocycles. The van der Waals surface area contributed by atoms with Crippen molar-refractivity contribution < 1.29 is 32.0 Å². The van der Waals surface area contributed by atoms with Crippen molar-refractivity contribution in [2.45, 2.75) is 18.1 Å². The third-order valence-corrected chi connectivity index (χ3v) is 4.26. The number of Topliss-reactive ketones (excluding diaryl/α,β-unsaturated/α-hetero) is 2. The van der Waals surface area contributed by atoms with Gasteiger partial charge in [0.1, 0.15) is 13.2 Å². The molecule has 1 aliphatic heterocycles. The molecule has 0 aromatic carbocycles. The largest absolute Gasteiger partial charge is 0.483 e. The molecule has 1 aliphatic carbocycles. The molecule has 0 amide bonds. The van der Waals surface area contributed by atoms with Gasteiger partial charge in [0.2, 0.25) is 23.1 Å². The Morgan fingerprint density at radius 2 is 1.67 bits per heavy atom. The first-order chi connectivity index (χ1) is 7.77. The van der Waals surface area contributed by atoms with Crippen molar-refractivity contribution in [3.8, 4) is 0 Å². The highest BCUT2D eigenvalue weighted by Gasteiger charge is 2.55. The van der Waals surface area contributed by atoms with Crippen molar-refractivity contribution in [2.24, 2.45) is 0 Å². The summed E-state index contributed by atoms with van der Waals surface area (Å²) in [4.78, 5) is 23.6. The zero-order chi connectivity index (χ0) is 12.8. The van der Waals surface area contributed by atoms with Crippen LogP contribution in [0.25, 0.3) is 0 Å². The number of ketones is 2. The second kappa shape index (κ2) is 4.80. The first-order valence-electron chi connectivity index (χ1n) is 4.82. The zero-order valence-corrected chi connectivity index (χ0v) is 9.74. The number of hydrogen-bond acceptors (Lipinski definition) is 6. The number of carbonyl (C=O) groups excluding carboxylic acids is 2. The molecule has 2 rings (SSSR count). The molecule has 18 heavy (non-hydrogen) atoms. The van der Waals surface area contributed by atoms with Gasteiger partial charge in [0.25, 0.3) is 10.1 Å². The van der Waals surface area contributed by atoms with E-state index >= 15 is 0 Å². The average Bonchev–Trinajstić information content (AvgIpc) is 2.25. The summed E-state index contributed by atoms with van der Waals surface area (Å²) in [6.45, 7) is 1.17. The normalized spacial score (nSPS) is 27.9. The maximum absolute atomic E-state index is 11.9. The summed E-state index contributed by atoms with van der Waals surface area (Å²) in [6.07, 6.45) is -0.646. The minimum atomic E-state index is -4.70. The van der Waals surface area contributed by atoms with Crippen LogP contribution in [0.1, 0.15) is 13.3 Å². The first kappa shape index (κ1) is 15.4. The third kappa shape index (κ3) is 2.15. The molecule has 2 aliphatic rings. The Kier molecular flexibility index (Phi) is 4.11. The lowest BCUT2D eigenvalue weighted by atomic mass is 9.90. The van der Waals surface area contributed by atoms with Crippen molar-refractivity contribution in [1.29, 1.82) is 0 Å². The standard InChI is InChI=1S/C9H10O7S.Mg.2H/c1-9(17(12,13)14)4-5(10)6-7(8(9)11)16-3-2-15-6;;;/h2-4H2,1H3,(H,12,13,14);;;. The summed E-state index contributed by atoms with van der Waals surface area (Å²) in [5.41, 5.74) is 0. The SMILES string of the molecule is CC1(S(=O)(=O)O)CC(=O)C2=C(OCCO2)C1=O.[MgH2]. The highest BCUT2D eigenvalue weighted by Crippen LogP contribution is 2.35. The second-order valence-corrected chi connectivity index (χ2v) is 5.84. The molecule has 1 N–H and O–H groups in total. The molecule has 0 bridgehead atoms. The molecule has 0 aromatic rings. The Labute approximate surface area is 119 Å². The predicted molar refractivity (Wildman–Crippen MR) is 62.1 cm³/mol. The molecular weight excluding hydrogens is 276 g/mol. The summed E-state index contributed by atoms with van der Waals surface area (Å²) in [6, 6.07) is 0. The Hall–Kier alpha value is -0.644. The Bertz CT molecular complexity index is 535. The van der Waals surface area contributed by atoms with Gasteiger partial charge in [-0.3, -0.25) is 14.1 Å². The molecule has 98 valence electrons. The topological polar surface area (TPSA) is 107 Å². The Morgan fingerprint density at radius 3 is 2.17 bits per heavy atom. The fourth-order valence-electron chi connectivity index (χ4n) is 1.71. The van der Waals surface area contributed by atoms with E-state index in [1.54, 1.807) is 0 Å². The number of rotatable bonds is 1. The van der Waals surface area contributed by atoms with Gasteiger partial charge in [0.05, 0.1) is 0 Å². The molecule has 0 aromatic heterocycles. The minimum absolute atomic E-state index is 0. The lowest BCUT2D eigenvalue weighted by molar-refractivity contribution is -0.133. The van der Waals surface area contributed by atoms with Gasteiger partial charge in [-0.05, 0) is 6.92 Å². The van der Waals surface area contributed by atoms with Crippen molar-refractivity contribution in [2.75, 3.05) is 13.2 Å². The van der Waals surface area contributed by atoms with Crippen LogP contribution in [-0.2, 0) is 29.2 Å². The predicted octanol–water partition coefficient (Wildman–Crippen LogP) is -1.48. The van der Waals surface area contributed by atoms with E-state index in [4.69, 9.17) is 14.0 Å². The molecule has 0 radical (unpaired) electrons. The van der Waals surface area contributed by atoms with Crippen LogP contribution in [0.15, 0.2) is 11.5 Å². The summed E-state index contributed by atoms with van der Waals surface area (Å²) in [7, 11) is -4.70. The molecular formula is C9H12MgO7S. The van der Waals surface area contributed by atoms with Gasteiger partial charge in [-0.25, -0.2) is 0 Å². The van der Waals surface area contributed by atoms with E-state index < -0.39 is 38.6 Å². The monoisotopic (exact) mass is 288 g/mol. The lowest BCUT2D eigenvalue weighted by Crippen LogP contribution is -2.51. The maximum atomic E-state index is 11.9. The molecule has 0 spiro atoms. The number of allylic oxidation sites excluding steroid dienone is 2. The van der Waals surface area contributed by atoms with E-state index in [0.29, 0.717) is 0 Å². The third-order valence-electron chi connectivity index (χ3n) is 2.79. The van der Waals surface area contributed by atoms with Crippen molar-refractivity contribution in [3.63, 3.8) is 0 Å². The van der Waals surface area contributed by atoms with E-state index in [0.717, 1.165) is 6.92 Å². The van der Waals surface area contributed by atoms with Crippen LogP contribution in [0, 0.1) is 0 Å². The van der Waals surface area contributed by atoms with Gasteiger partial charge in [0, 0.05) is 6.42 Å². The van der Waals surface area contributed by atoms with Crippen LogP contribution in [0.4, 0.5) is 0 Å². The molecule has 7 nitrogen and oxygen atoms in total. The highest BCUT2D eigenvalue weighted by molar-refractivity contribution is 7.88. The lowest BCUT2D eigenvalue weighted by Gasteiger charge is -2.32. The Balaban J connectivity index is 0.00000162. The molecule has 1 heterocycles. The van der Waals surface area contributed by atoms with Gasteiger partial charge in [-0.2, -0.15) is 8.42 Å². The molecule has 0 fully saturated rings. The van der Waals surface area contributed by atoms with Gasteiger partial charge in [-0.15, -0.1) is 0 Å². The van der Waals surface area contributed by atoms with Crippen LogP contribution in [-0.4, -0.2) is 65.6 Å². The number of hydrogen-bond donors (Lipinski definition) is 1. The summed E-state index contributed by atoms with van der Waals surface area (Å²) < 4.78 is 39.2. The highest BCUT2D eigenvalue weighted by atomic mass is 32.2. The molecule has 0 saturated heterocycles. The van der Waals surface area contributed by atoms with Gasteiger partial charge in [-0.1, -0.05) is 0 Å². The van der Waals surface area contributed by atoms with Crippen LogP contribution in [0.2, 0.25) is 0 Å². The fraction of sp³-hybridized carbons (Fsp3) is 0.556. The molecule has 1 unspecified atom stereocenters. The Morgan fingerprint density at radius 1 is 1.17 bits per heavy atom. The number of ether oxygens (including phenoxy) is 2. The fourth-order valence-corrected chi connectivity index (χ4v) is 2.35. The number of carbonyl (C=O) groups is 2. The first-order valence-corrected chi connectivity index (χ1v) is 6.26. The van der Waals surface area contributed by atoms with Crippen molar-refractivity contribution >= 4 is 44.7 Å². The summed E-state index contributed by atoms with van der Waals surface area (Å²) >= 11 is 0. The van der Waals surface area contributed by atoms with Crippen LogP contribution >= 0.6 is 0 Å². The minimum Gasteiger partial charge on any atom is -0.483 e. The van der Waals surface area contributed by atoms with Crippen LogP contribution in [0.5, 0.6) is 0 Å². The average molecular weight is 289 g/mol. The summed E-state index contributed by atoms with van der Waals surface area (Å²) in [5.74, 6) is -2.27. The maximum Gasteiger partial charge on any atom is 0.316 e. The smallest absolute Gasteiger partial charge is 0.316 e. The van der Waals surface area contributed by atoms with E-state index in [9.17, 15) is 18.0 Å². The van der Waals surface area contributed by atoms with Crippen LogP contribution < -0.4 is 0 Å². The van der Waals surface area contributed by atoms with E-state index in [-0.39, 0.29) is 42.0 Å². The second-order valence-electron chi connectivity index (χ2n) is 3.99. The van der Waals surface area contributed by atoms with Crippen LogP contribution in [0.3, 0.4) is 0 Å². The molecule has 1 atom stereocenters. The van der Waals surface area contributed by atoms with E-state index in [1.807, 2.05) is 0 Å². The van der Waals surface area contributed by atoms with Gasteiger partial charge in [0.15, 0.2) is 4.75 Å². The summed E-state index contributed by atoms with van der Waals surface area (Å²) in [5, 5.41) is 0. The van der Waals surface area contributed by atoms with E-state index in [1.165, 1.54) is 0 Å². The van der Waals surface area contributed by atoms with Crippen molar-refractivity contribution in [1.82, 2.24) is 0 Å². The van der Waals surface area contributed by atoms with Gasteiger partial charge >= 0.3 is 23.1 Å². The zero-order valence-electron chi connectivity index (χ0n) is 8.93.